The van der Waals surface area contributed by atoms with E-state index >= 15 is 0 Å². The molecule has 2 amide bonds. The number of amides is 2. The van der Waals surface area contributed by atoms with Crippen LogP contribution in [-0.4, -0.2) is 24.9 Å². The number of primary amides is 1. The highest BCUT2D eigenvalue weighted by Gasteiger charge is 2.34. The van der Waals surface area contributed by atoms with Gasteiger partial charge in [-0.15, -0.1) is 0 Å². The molecule has 0 saturated heterocycles. The van der Waals surface area contributed by atoms with E-state index in [1.807, 2.05) is 13.8 Å². The van der Waals surface area contributed by atoms with E-state index in [1.165, 1.54) is 0 Å². The predicted molar refractivity (Wildman–Crippen MR) is 68.1 cm³/mol. The molecular formula is C12H25N3O2. The van der Waals surface area contributed by atoms with Crippen LogP contribution in [0.2, 0.25) is 0 Å². The van der Waals surface area contributed by atoms with Crippen molar-refractivity contribution in [3.8, 4) is 0 Å². The van der Waals surface area contributed by atoms with E-state index in [4.69, 9.17) is 11.5 Å². The third-order valence-electron chi connectivity index (χ3n) is 2.99. The van der Waals surface area contributed by atoms with Gasteiger partial charge in [-0.3, -0.25) is 9.59 Å². The van der Waals surface area contributed by atoms with Gasteiger partial charge >= 0.3 is 0 Å². The topological polar surface area (TPSA) is 98.2 Å². The van der Waals surface area contributed by atoms with Crippen molar-refractivity contribution < 1.29 is 9.59 Å². The van der Waals surface area contributed by atoms with Gasteiger partial charge < -0.3 is 16.8 Å². The second kappa shape index (κ2) is 8.06. The van der Waals surface area contributed by atoms with Crippen LogP contribution in [0, 0.1) is 5.41 Å². The zero-order valence-corrected chi connectivity index (χ0v) is 10.9. The van der Waals surface area contributed by atoms with Gasteiger partial charge in [0.2, 0.25) is 11.8 Å². The Hall–Kier alpha value is -1.10. The number of hydrogen-bond acceptors (Lipinski definition) is 3. The van der Waals surface area contributed by atoms with Gasteiger partial charge in [0.15, 0.2) is 0 Å². The first kappa shape index (κ1) is 15.9. The molecule has 0 spiro atoms. The fourth-order valence-corrected chi connectivity index (χ4v) is 2.09. The summed E-state index contributed by atoms with van der Waals surface area (Å²) in [5.41, 5.74) is 10.3. The second-order valence-corrected chi connectivity index (χ2v) is 4.46. The smallest absolute Gasteiger partial charge is 0.227 e. The molecule has 0 atom stereocenters. The maximum atomic E-state index is 12.1. The highest BCUT2D eigenvalue weighted by Crippen LogP contribution is 2.28. The molecule has 0 aliphatic carbocycles. The molecule has 0 aromatic rings. The SMILES string of the molecule is CCCC(CN)(CCC)C(=O)NCCC(N)=O. The summed E-state index contributed by atoms with van der Waals surface area (Å²) in [4.78, 5) is 22.7. The molecular weight excluding hydrogens is 218 g/mol. The Bertz CT molecular complexity index is 248. The summed E-state index contributed by atoms with van der Waals surface area (Å²) in [6.45, 7) is 4.72. The number of hydrogen-bond donors (Lipinski definition) is 3. The minimum atomic E-state index is -0.485. The van der Waals surface area contributed by atoms with Gasteiger partial charge in [0.05, 0.1) is 5.41 Å². The molecule has 0 bridgehead atoms. The first-order chi connectivity index (χ1) is 8.02. The van der Waals surface area contributed by atoms with Gasteiger partial charge in [0.25, 0.3) is 0 Å². The predicted octanol–water partition coefficient (Wildman–Crippen LogP) is 0.523. The highest BCUT2D eigenvalue weighted by atomic mass is 16.2. The Kier molecular flexibility index (Phi) is 7.54. The summed E-state index contributed by atoms with van der Waals surface area (Å²) < 4.78 is 0. The van der Waals surface area contributed by atoms with E-state index in [0.29, 0.717) is 13.1 Å². The third-order valence-corrected chi connectivity index (χ3v) is 2.99. The molecule has 0 aliphatic rings. The first-order valence-corrected chi connectivity index (χ1v) is 6.29. The maximum Gasteiger partial charge on any atom is 0.227 e. The van der Waals surface area contributed by atoms with Crippen molar-refractivity contribution in [3.05, 3.63) is 0 Å². The van der Waals surface area contributed by atoms with Gasteiger partial charge in [-0.2, -0.15) is 0 Å². The summed E-state index contributed by atoms with van der Waals surface area (Å²) in [7, 11) is 0. The van der Waals surface area contributed by atoms with Crippen LogP contribution in [0.5, 0.6) is 0 Å². The average Bonchev–Trinajstić information content (AvgIpc) is 2.27. The Labute approximate surface area is 103 Å². The molecule has 5 nitrogen and oxygen atoms in total. The number of carbonyl (C=O) groups is 2. The normalized spacial score (nSPS) is 11.2. The molecule has 0 aliphatic heterocycles. The zero-order valence-electron chi connectivity index (χ0n) is 10.9. The van der Waals surface area contributed by atoms with E-state index in [1.54, 1.807) is 0 Å². The van der Waals surface area contributed by atoms with Crippen LogP contribution in [0.25, 0.3) is 0 Å². The summed E-state index contributed by atoms with van der Waals surface area (Å²) in [5.74, 6) is -0.459. The number of rotatable bonds is 9. The van der Waals surface area contributed by atoms with Gasteiger partial charge in [-0.05, 0) is 12.8 Å². The number of nitrogens with one attached hydrogen (secondary N) is 1. The van der Waals surface area contributed by atoms with Crippen LogP contribution in [0.4, 0.5) is 0 Å². The summed E-state index contributed by atoms with van der Waals surface area (Å²) in [5, 5.41) is 2.76. The molecule has 100 valence electrons. The number of carbonyl (C=O) groups excluding carboxylic acids is 2. The van der Waals surface area contributed by atoms with Crippen LogP contribution in [0.1, 0.15) is 46.0 Å². The Morgan fingerprint density at radius 2 is 1.71 bits per heavy atom. The minimum Gasteiger partial charge on any atom is -0.370 e. The first-order valence-electron chi connectivity index (χ1n) is 6.29. The minimum absolute atomic E-state index is 0.0510. The van der Waals surface area contributed by atoms with E-state index in [2.05, 4.69) is 5.32 Å². The lowest BCUT2D eigenvalue weighted by Gasteiger charge is -2.30. The highest BCUT2D eigenvalue weighted by molar-refractivity contribution is 5.83. The summed E-state index contributed by atoms with van der Waals surface area (Å²) >= 11 is 0. The second-order valence-electron chi connectivity index (χ2n) is 4.46. The standard InChI is InChI=1S/C12H25N3O2/c1-3-6-12(9-13,7-4-2)11(17)15-8-5-10(14)16/h3-9,13H2,1-2H3,(H2,14,16)(H,15,17). The molecule has 5 heteroatoms. The van der Waals surface area contributed by atoms with Crippen LogP contribution >= 0.6 is 0 Å². The largest absolute Gasteiger partial charge is 0.370 e. The number of nitrogens with two attached hydrogens (primary N) is 2. The van der Waals surface area contributed by atoms with E-state index in [-0.39, 0.29) is 12.3 Å². The van der Waals surface area contributed by atoms with Crippen LogP contribution in [0.3, 0.4) is 0 Å². The summed E-state index contributed by atoms with van der Waals surface area (Å²) in [6.07, 6.45) is 3.56. The lowest BCUT2D eigenvalue weighted by molar-refractivity contribution is -0.131. The van der Waals surface area contributed by atoms with Gasteiger partial charge in [0, 0.05) is 19.5 Å². The monoisotopic (exact) mass is 243 g/mol. The molecule has 0 aromatic heterocycles. The Morgan fingerprint density at radius 3 is 2.06 bits per heavy atom. The average molecular weight is 243 g/mol. The summed E-state index contributed by atoms with van der Waals surface area (Å²) in [6, 6.07) is 0. The van der Waals surface area contributed by atoms with Crippen molar-refractivity contribution in [3.63, 3.8) is 0 Å². The molecule has 0 aromatic carbocycles. The van der Waals surface area contributed by atoms with Crippen molar-refractivity contribution >= 4 is 11.8 Å². The molecule has 0 radical (unpaired) electrons. The van der Waals surface area contributed by atoms with Crippen molar-refractivity contribution in [1.82, 2.24) is 5.32 Å². The van der Waals surface area contributed by atoms with Gasteiger partial charge in [0.1, 0.15) is 0 Å². The van der Waals surface area contributed by atoms with E-state index in [0.717, 1.165) is 25.7 Å². The Morgan fingerprint density at radius 1 is 1.18 bits per heavy atom. The van der Waals surface area contributed by atoms with Crippen molar-refractivity contribution in [2.75, 3.05) is 13.1 Å². The molecule has 0 rings (SSSR count). The molecule has 0 saturated carbocycles. The van der Waals surface area contributed by atoms with Gasteiger partial charge in [-0.1, -0.05) is 26.7 Å². The zero-order chi connectivity index (χ0) is 13.3. The molecule has 0 heterocycles. The molecule has 17 heavy (non-hydrogen) atoms. The van der Waals surface area contributed by atoms with Crippen molar-refractivity contribution in [2.24, 2.45) is 16.9 Å². The van der Waals surface area contributed by atoms with E-state index < -0.39 is 11.3 Å². The van der Waals surface area contributed by atoms with Gasteiger partial charge in [-0.25, -0.2) is 0 Å². The quantitative estimate of drug-likeness (QED) is 0.550. The lowest BCUT2D eigenvalue weighted by Crippen LogP contribution is -2.46. The fraction of sp³-hybridized carbons (Fsp3) is 0.833. The van der Waals surface area contributed by atoms with E-state index in [9.17, 15) is 9.59 Å². The Balaban J connectivity index is 4.45. The fourth-order valence-electron chi connectivity index (χ4n) is 2.09. The van der Waals surface area contributed by atoms with Crippen LogP contribution < -0.4 is 16.8 Å². The van der Waals surface area contributed by atoms with Crippen LogP contribution in [-0.2, 0) is 9.59 Å². The maximum absolute atomic E-state index is 12.1. The molecule has 0 fully saturated rings. The third kappa shape index (κ3) is 5.17. The van der Waals surface area contributed by atoms with Crippen molar-refractivity contribution in [2.45, 2.75) is 46.0 Å². The lowest BCUT2D eigenvalue weighted by atomic mass is 9.78. The van der Waals surface area contributed by atoms with Crippen LogP contribution in [0.15, 0.2) is 0 Å². The molecule has 0 unspecified atom stereocenters. The van der Waals surface area contributed by atoms with Crippen molar-refractivity contribution in [1.29, 1.82) is 0 Å². The molecule has 5 N–H and O–H groups in total.